The molecule has 0 atom stereocenters. The number of H-pyrrole nitrogens is 1. The molecule has 0 bridgehead atoms. The molecule has 1 saturated carbocycles. The van der Waals surface area contributed by atoms with Gasteiger partial charge in [-0.15, -0.1) is 0 Å². The number of hydrogen-bond donors (Lipinski definition) is 2. The first-order valence-electron chi connectivity index (χ1n) is 8.97. The van der Waals surface area contributed by atoms with Gasteiger partial charge < -0.3 is 14.8 Å². The van der Waals surface area contributed by atoms with Crippen LogP contribution in [0.1, 0.15) is 30.4 Å². The number of carboxylic acid groups (broad SMARTS) is 1. The molecule has 0 aliphatic heterocycles. The predicted octanol–water partition coefficient (Wildman–Crippen LogP) is 6.45. The second-order valence-electron chi connectivity index (χ2n) is 7.08. The minimum absolute atomic E-state index is 0.0304. The van der Waals surface area contributed by atoms with E-state index in [4.69, 9.17) is 9.84 Å². The summed E-state index contributed by atoms with van der Waals surface area (Å²) >= 11 is 7.00. The average molecular weight is 493 g/mol. The number of fused-ring (bicyclic) bond motifs is 1. The van der Waals surface area contributed by atoms with Gasteiger partial charge in [-0.25, -0.2) is 0 Å². The third kappa shape index (κ3) is 4.06. The van der Waals surface area contributed by atoms with Gasteiger partial charge in [0.25, 0.3) is 0 Å². The number of benzene rings is 2. The van der Waals surface area contributed by atoms with Gasteiger partial charge in [0.15, 0.2) is 5.75 Å². The molecule has 1 aliphatic carbocycles. The quantitative estimate of drug-likeness (QED) is 0.415. The first-order chi connectivity index (χ1) is 13.0. The number of nitrogens with one attached hydrogen (secondary N) is 1. The van der Waals surface area contributed by atoms with Crippen LogP contribution in [0.5, 0.6) is 11.5 Å². The van der Waals surface area contributed by atoms with Crippen molar-refractivity contribution in [3.05, 3.63) is 56.6 Å². The summed E-state index contributed by atoms with van der Waals surface area (Å²) in [7, 11) is 0. The molecule has 1 heterocycles. The molecule has 1 aliphatic rings. The first kappa shape index (κ1) is 18.6. The second kappa shape index (κ2) is 7.68. The third-order valence-electron chi connectivity index (χ3n) is 5.11. The largest absolute Gasteiger partial charge is 0.481 e. The maximum Gasteiger partial charge on any atom is 0.307 e. The van der Waals surface area contributed by atoms with Crippen LogP contribution in [0.2, 0.25) is 0 Å². The normalized spacial score (nSPS) is 14.3. The molecule has 0 radical (unpaired) electrons. The van der Waals surface area contributed by atoms with Crippen LogP contribution >= 0.6 is 31.9 Å². The maximum absolute atomic E-state index is 10.9. The average Bonchev–Trinajstić information content (AvgIpc) is 2.96. The van der Waals surface area contributed by atoms with Gasteiger partial charge in [-0.3, -0.25) is 4.79 Å². The topological polar surface area (TPSA) is 62.3 Å². The van der Waals surface area contributed by atoms with E-state index >= 15 is 0 Å². The molecule has 6 heteroatoms. The Balaban J connectivity index is 1.61. The number of halogens is 2. The SMILES string of the molecule is O=C(O)Cc1cc(Br)c(Oc2ccc3[nH]cc(CC4CCC4)c3c2)c(Br)c1. The Morgan fingerprint density at radius 1 is 1.19 bits per heavy atom. The lowest BCUT2D eigenvalue weighted by Crippen LogP contribution is -2.13. The van der Waals surface area contributed by atoms with E-state index in [0.717, 1.165) is 32.6 Å². The summed E-state index contributed by atoms with van der Waals surface area (Å²) in [5, 5.41) is 10.2. The predicted molar refractivity (Wildman–Crippen MR) is 113 cm³/mol. The van der Waals surface area contributed by atoms with Crippen LogP contribution in [0, 0.1) is 5.92 Å². The van der Waals surface area contributed by atoms with Crippen LogP contribution in [-0.2, 0) is 17.6 Å². The van der Waals surface area contributed by atoms with Crippen molar-refractivity contribution < 1.29 is 14.6 Å². The van der Waals surface area contributed by atoms with Gasteiger partial charge in [0.05, 0.1) is 15.4 Å². The highest BCUT2D eigenvalue weighted by molar-refractivity contribution is 9.11. The van der Waals surface area contributed by atoms with Crippen LogP contribution in [-0.4, -0.2) is 16.1 Å². The van der Waals surface area contributed by atoms with E-state index in [1.54, 1.807) is 12.1 Å². The molecule has 2 N–H and O–H groups in total. The fourth-order valence-corrected chi connectivity index (χ4v) is 4.95. The summed E-state index contributed by atoms with van der Waals surface area (Å²) < 4.78 is 7.56. The minimum Gasteiger partial charge on any atom is -0.481 e. The zero-order valence-corrected chi connectivity index (χ0v) is 17.8. The Hall–Kier alpha value is -1.79. The second-order valence-corrected chi connectivity index (χ2v) is 8.79. The monoisotopic (exact) mass is 491 g/mol. The molecule has 4 rings (SSSR count). The molecule has 27 heavy (non-hydrogen) atoms. The summed E-state index contributed by atoms with van der Waals surface area (Å²) in [6.07, 6.45) is 7.19. The highest BCUT2D eigenvalue weighted by Crippen LogP contribution is 2.39. The molecule has 3 aromatic rings. The molecule has 2 aromatic carbocycles. The lowest BCUT2D eigenvalue weighted by atomic mass is 9.81. The van der Waals surface area contributed by atoms with Crippen molar-refractivity contribution in [1.29, 1.82) is 0 Å². The number of aromatic amines is 1. The zero-order valence-electron chi connectivity index (χ0n) is 14.6. The molecule has 4 nitrogen and oxygen atoms in total. The van der Waals surface area contributed by atoms with Crippen molar-refractivity contribution in [1.82, 2.24) is 4.98 Å². The highest BCUT2D eigenvalue weighted by Gasteiger charge is 2.19. The van der Waals surface area contributed by atoms with Gasteiger partial charge in [-0.1, -0.05) is 19.3 Å². The molecule has 1 aromatic heterocycles. The summed E-state index contributed by atoms with van der Waals surface area (Å²) in [6.45, 7) is 0. The van der Waals surface area contributed by atoms with E-state index in [0.29, 0.717) is 11.3 Å². The number of carbonyl (C=O) groups is 1. The summed E-state index contributed by atoms with van der Waals surface area (Å²) in [4.78, 5) is 14.3. The van der Waals surface area contributed by atoms with E-state index in [-0.39, 0.29) is 6.42 Å². The van der Waals surface area contributed by atoms with Gasteiger partial charge in [0.2, 0.25) is 0 Å². The van der Waals surface area contributed by atoms with E-state index in [1.165, 1.54) is 30.2 Å². The number of hydrogen-bond acceptors (Lipinski definition) is 2. The fraction of sp³-hybridized carbons (Fsp3) is 0.286. The molecule has 1 fully saturated rings. The highest BCUT2D eigenvalue weighted by atomic mass is 79.9. The molecular formula is C21H19Br2NO3. The Kier molecular flexibility index (Phi) is 5.28. The van der Waals surface area contributed by atoms with E-state index in [1.807, 2.05) is 12.1 Å². The maximum atomic E-state index is 10.9. The van der Waals surface area contributed by atoms with Gasteiger partial charge in [-0.2, -0.15) is 0 Å². The lowest BCUT2D eigenvalue weighted by molar-refractivity contribution is -0.136. The zero-order chi connectivity index (χ0) is 19.0. The summed E-state index contributed by atoms with van der Waals surface area (Å²) in [5.41, 5.74) is 3.17. The Bertz CT molecular complexity index is 985. The molecular weight excluding hydrogens is 474 g/mol. The lowest BCUT2D eigenvalue weighted by Gasteiger charge is -2.24. The number of carboxylic acids is 1. The van der Waals surface area contributed by atoms with Crippen molar-refractivity contribution >= 4 is 48.7 Å². The Labute approximate surface area is 174 Å². The molecule has 0 saturated heterocycles. The Morgan fingerprint density at radius 2 is 1.93 bits per heavy atom. The van der Waals surface area contributed by atoms with E-state index in [9.17, 15) is 4.79 Å². The van der Waals surface area contributed by atoms with Crippen molar-refractivity contribution in [2.45, 2.75) is 32.1 Å². The number of aromatic nitrogens is 1. The van der Waals surface area contributed by atoms with Crippen molar-refractivity contribution in [3.8, 4) is 11.5 Å². The minimum atomic E-state index is -0.862. The van der Waals surface area contributed by atoms with Gasteiger partial charge in [-0.05, 0) is 85.7 Å². The molecule has 0 amide bonds. The summed E-state index contributed by atoms with van der Waals surface area (Å²) in [5.74, 6) is 1.34. The number of rotatable bonds is 6. The van der Waals surface area contributed by atoms with Crippen LogP contribution < -0.4 is 4.74 Å². The van der Waals surface area contributed by atoms with Crippen LogP contribution in [0.25, 0.3) is 10.9 Å². The van der Waals surface area contributed by atoms with Crippen molar-refractivity contribution in [3.63, 3.8) is 0 Å². The van der Waals surface area contributed by atoms with Crippen LogP contribution in [0.4, 0.5) is 0 Å². The number of ether oxygens (including phenoxy) is 1. The van der Waals surface area contributed by atoms with Crippen molar-refractivity contribution in [2.24, 2.45) is 5.92 Å². The summed E-state index contributed by atoms with van der Waals surface area (Å²) in [6, 6.07) is 9.62. The molecule has 140 valence electrons. The first-order valence-corrected chi connectivity index (χ1v) is 10.6. The molecule has 0 unspecified atom stereocenters. The van der Waals surface area contributed by atoms with Gasteiger partial charge >= 0.3 is 5.97 Å². The Morgan fingerprint density at radius 3 is 2.56 bits per heavy atom. The van der Waals surface area contributed by atoms with Crippen molar-refractivity contribution in [2.75, 3.05) is 0 Å². The van der Waals surface area contributed by atoms with Gasteiger partial charge in [0.1, 0.15) is 5.75 Å². The van der Waals surface area contributed by atoms with E-state index < -0.39 is 5.97 Å². The smallest absolute Gasteiger partial charge is 0.307 e. The third-order valence-corrected chi connectivity index (χ3v) is 6.28. The number of aliphatic carboxylic acids is 1. The van der Waals surface area contributed by atoms with Gasteiger partial charge in [0, 0.05) is 17.1 Å². The van der Waals surface area contributed by atoms with E-state index in [2.05, 4.69) is 49.1 Å². The fourth-order valence-electron chi connectivity index (χ4n) is 3.50. The van der Waals surface area contributed by atoms with Crippen LogP contribution in [0.15, 0.2) is 45.5 Å². The molecule has 0 spiro atoms. The standard InChI is InChI=1S/C21H19Br2NO3/c22-17-7-13(9-20(25)26)8-18(23)21(17)27-15-4-5-19-16(10-15)14(11-24-19)6-12-2-1-3-12/h4-5,7-8,10-12,24H,1-3,6,9H2,(H,25,26). The van der Waals surface area contributed by atoms with Crippen LogP contribution in [0.3, 0.4) is 0 Å².